The van der Waals surface area contributed by atoms with E-state index in [9.17, 15) is 9.59 Å². The normalized spacial score (nSPS) is 20.6. The van der Waals surface area contributed by atoms with Gasteiger partial charge in [0, 0.05) is 18.1 Å². The van der Waals surface area contributed by atoms with Crippen molar-refractivity contribution in [3.8, 4) is 0 Å². The van der Waals surface area contributed by atoms with Crippen LogP contribution < -0.4 is 5.32 Å². The second kappa shape index (κ2) is 4.61. The minimum Gasteiger partial charge on any atom is -0.349 e. The summed E-state index contributed by atoms with van der Waals surface area (Å²) in [6.45, 7) is 2.45. The molecule has 0 aromatic carbocycles. The van der Waals surface area contributed by atoms with E-state index in [0.29, 0.717) is 11.7 Å². The Bertz CT molecular complexity index is 391. The maximum absolute atomic E-state index is 11.9. The van der Waals surface area contributed by atoms with Gasteiger partial charge in [-0.05, 0) is 6.42 Å². The number of hydrogen-bond acceptors (Lipinski definition) is 5. The van der Waals surface area contributed by atoms with E-state index in [1.54, 1.807) is 6.20 Å². The molecule has 0 bridgehead atoms. The Hall–Kier alpha value is -1.43. The van der Waals surface area contributed by atoms with Gasteiger partial charge in [-0.2, -0.15) is 0 Å². The largest absolute Gasteiger partial charge is 0.349 e. The smallest absolute Gasteiger partial charge is 0.252 e. The van der Waals surface area contributed by atoms with Crippen LogP contribution in [0.15, 0.2) is 11.6 Å². The number of thiazole rings is 1. The van der Waals surface area contributed by atoms with Crippen LogP contribution in [0.2, 0.25) is 0 Å². The lowest BCUT2D eigenvalue weighted by Gasteiger charge is -2.13. The summed E-state index contributed by atoms with van der Waals surface area (Å²) in [6.07, 6.45) is 2.69. The van der Waals surface area contributed by atoms with Crippen LogP contribution in [0.25, 0.3) is 0 Å². The topological polar surface area (TPSA) is 62.3 Å². The van der Waals surface area contributed by atoms with Gasteiger partial charge in [-0.3, -0.25) is 14.5 Å². The van der Waals surface area contributed by atoms with Crippen molar-refractivity contribution in [1.29, 1.82) is 0 Å². The zero-order valence-electron chi connectivity index (χ0n) is 8.97. The van der Waals surface area contributed by atoms with Gasteiger partial charge in [0.05, 0.1) is 6.42 Å². The predicted molar refractivity (Wildman–Crippen MR) is 61.2 cm³/mol. The summed E-state index contributed by atoms with van der Waals surface area (Å²) >= 11 is 1.42. The Morgan fingerprint density at radius 3 is 3.06 bits per heavy atom. The Labute approximate surface area is 97.5 Å². The van der Waals surface area contributed by atoms with Crippen molar-refractivity contribution in [2.75, 3.05) is 11.9 Å². The molecule has 0 spiro atoms. The van der Waals surface area contributed by atoms with E-state index >= 15 is 0 Å². The Morgan fingerprint density at radius 2 is 2.44 bits per heavy atom. The summed E-state index contributed by atoms with van der Waals surface area (Å²) in [5.41, 5.74) is 0. The maximum atomic E-state index is 11.9. The summed E-state index contributed by atoms with van der Waals surface area (Å²) in [7, 11) is 0. The van der Waals surface area contributed by atoms with Crippen molar-refractivity contribution in [1.82, 2.24) is 9.88 Å². The number of carbonyl (C=O) groups excluding carboxylic acids is 2. The Kier molecular flexibility index (Phi) is 3.19. The minimum atomic E-state index is -0.440. The molecule has 0 saturated carbocycles. The van der Waals surface area contributed by atoms with Gasteiger partial charge in [0.15, 0.2) is 5.13 Å². The van der Waals surface area contributed by atoms with Crippen LogP contribution in [0.3, 0.4) is 0 Å². The monoisotopic (exact) mass is 239 g/mol. The lowest BCUT2D eigenvalue weighted by atomic mass is 10.2. The van der Waals surface area contributed by atoms with Crippen LogP contribution in [0, 0.1) is 0 Å². The molecule has 2 amide bonds. The third-order valence-electron chi connectivity index (χ3n) is 2.42. The van der Waals surface area contributed by atoms with Crippen LogP contribution in [-0.2, 0) is 9.59 Å². The summed E-state index contributed by atoms with van der Waals surface area (Å²) < 4.78 is 0. The first kappa shape index (κ1) is 11.1. The molecule has 1 N–H and O–H groups in total. The average molecular weight is 239 g/mol. The zero-order valence-corrected chi connectivity index (χ0v) is 9.79. The first-order chi connectivity index (χ1) is 7.72. The standard InChI is InChI=1S/C10H13N3O2S/c1-2-4-13-8(14)6-7(9(13)15)12-10-11-3-5-16-10/h3,5,7H,2,4,6H2,1H3,(H,11,12). The number of nitrogens with one attached hydrogen (secondary N) is 1. The highest BCUT2D eigenvalue weighted by molar-refractivity contribution is 7.13. The van der Waals surface area contributed by atoms with Gasteiger partial charge in [-0.1, -0.05) is 6.92 Å². The first-order valence-electron chi connectivity index (χ1n) is 5.22. The van der Waals surface area contributed by atoms with Crippen molar-refractivity contribution in [3.05, 3.63) is 11.6 Å². The lowest BCUT2D eigenvalue weighted by Crippen LogP contribution is -2.35. The van der Waals surface area contributed by atoms with Crippen molar-refractivity contribution >= 4 is 28.3 Å². The van der Waals surface area contributed by atoms with E-state index in [-0.39, 0.29) is 18.2 Å². The molecule has 0 aliphatic carbocycles. The van der Waals surface area contributed by atoms with Crippen LogP contribution >= 0.6 is 11.3 Å². The maximum Gasteiger partial charge on any atom is 0.252 e. The highest BCUT2D eigenvalue weighted by Crippen LogP contribution is 2.19. The predicted octanol–water partition coefficient (Wildman–Crippen LogP) is 1.09. The quantitative estimate of drug-likeness (QED) is 0.799. The number of nitrogens with zero attached hydrogens (tertiary/aromatic N) is 2. The van der Waals surface area contributed by atoms with Gasteiger partial charge in [-0.25, -0.2) is 4.98 Å². The molecular weight excluding hydrogens is 226 g/mol. The van der Waals surface area contributed by atoms with Crippen LogP contribution in [-0.4, -0.2) is 34.3 Å². The molecule has 6 heteroatoms. The molecule has 1 fully saturated rings. The summed E-state index contributed by atoms with van der Waals surface area (Å²) in [6, 6.07) is -0.440. The second-order valence-corrected chi connectivity index (χ2v) is 4.52. The van der Waals surface area contributed by atoms with E-state index in [2.05, 4.69) is 10.3 Å². The molecule has 2 rings (SSSR count). The number of imide groups is 1. The fourth-order valence-corrected chi connectivity index (χ4v) is 2.28. The highest BCUT2D eigenvalue weighted by Gasteiger charge is 2.38. The molecule has 1 unspecified atom stereocenters. The van der Waals surface area contributed by atoms with E-state index in [4.69, 9.17) is 0 Å². The molecule has 2 heterocycles. The second-order valence-electron chi connectivity index (χ2n) is 3.62. The zero-order chi connectivity index (χ0) is 11.5. The van der Waals surface area contributed by atoms with Crippen molar-refractivity contribution in [2.24, 2.45) is 0 Å². The number of likely N-dealkylation sites (tertiary alicyclic amines) is 1. The summed E-state index contributed by atoms with van der Waals surface area (Å²) in [5, 5.41) is 5.50. The summed E-state index contributed by atoms with van der Waals surface area (Å²) in [4.78, 5) is 28.8. The third kappa shape index (κ3) is 2.06. The van der Waals surface area contributed by atoms with Crippen LogP contribution in [0.1, 0.15) is 19.8 Å². The van der Waals surface area contributed by atoms with Crippen molar-refractivity contribution in [2.45, 2.75) is 25.8 Å². The molecule has 1 saturated heterocycles. The fourth-order valence-electron chi connectivity index (χ4n) is 1.70. The van der Waals surface area contributed by atoms with Crippen LogP contribution in [0.5, 0.6) is 0 Å². The number of amides is 2. The van der Waals surface area contributed by atoms with Gasteiger partial charge >= 0.3 is 0 Å². The molecule has 1 aliphatic rings. The average Bonchev–Trinajstić information content (AvgIpc) is 2.84. The number of carbonyl (C=O) groups is 2. The number of anilines is 1. The fraction of sp³-hybridized carbons (Fsp3) is 0.500. The van der Waals surface area contributed by atoms with Gasteiger partial charge in [0.1, 0.15) is 6.04 Å². The SMILES string of the molecule is CCCN1C(=O)CC(Nc2nccs2)C1=O. The van der Waals surface area contributed by atoms with Gasteiger partial charge in [0.25, 0.3) is 5.91 Å². The van der Waals surface area contributed by atoms with E-state index in [1.165, 1.54) is 16.2 Å². The van der Waals surface area contributed by atoms with Gasteiger partial charge in [-0.15, -0.1) is 11.3 Å². The van der Waals surface area contributed by atoms with Gasteiger partial charge < -0.3 is 5.32 Å². The van der Waals surface area contributed by atoms with E-state index in [0.717, 1.165) is 6.42 Å². The van der Waals surface area contributed by atoms with Crippen molar-refractivity contribution in [3.63, 3.8) is 0 Å². The Balaban J connectivity index is 2.03. The highest BCUT2D eigenvalue weighted by atomic mass is 32.1. The number of hydrogen-bond donors (Lipinski definition) is 1. The number of rotatable bonds is 4. The molecule has 0 radical (unpaired) electrons. The molecule has 86 valence electrons. The van der Waals surface area contributed by atoms with Gasteiger partial charge in [0.2, 0.25) is 5.91 Å². The summed E-state index contributed by atoms with van der Waals surface area (Å²) in [5.74, 6) is -0.233. The molecule has 5 nitrogen and oxygen atoms in total. The molecular formula is C10H13N3O2S. The van der Waals surface area contributed by atoms with Crippen molar-refractivity contribution < 1.29 is 9.59 Å². The molecule has 1 aliphatic heterocycles. The van der Waals surface area contributed by atoms with Crippen LogP contribution in [0.4, 0.5) is 5.13 Å². The lowest BCUT2D eigenvalue weighted by molar-refractivity contribution is -0.138. The first-order valence-corrected chi connectivity index (χ1v) is 6.10. The van der Waals surface area contributed by atoms with E-state index in [1.807, 2.05) is 12.3 Å². The minimum absolute atomic E-state index is 0.0964. The molecule has 1 atom stereocenters. The number of aromatic nitrogens is 1. The molecule has 16 heavy (non-hydrogen) atoms. The molecule has 1 aromatic heterocycles. The molecule has 1 aromatic rings. The third-order valence-corrected chi connectivity index (χ3v) is 3.13. The Morgan fingerprint density at radius 1 is 1.62 bits per heavy atom. The van der Waals surface area contributed by atoms with E-state index < -0.39 is 6.04 Å².